The standard InChI is InChI=1S/2C14H20ClNO/c2*1-16-10-14(8-3-2-7-13(14)17)11-5-4-6-12(15)9-11/h2*4-6,9,13,16-17H,2-3,7-8,10H2,1H3/t2*13-,14+/m10/s1. The normalized spacial score (nSPS) is 29.2. The van der Waals surface area contributed by atoms with Gasteiger partial charge in [0.05, 0.1) is 12.2 Å². The number of benzene rings is 2. The van der Waals surface area contributed by atoms with Crippen LogP contribution in [0.3, 0.4) is 0 Å². The summed E-state index contributed by atoms with van der Waals surface area (Å²) in [5.74, 6) is 0. The Kier molecular flexibility index (Phi) is 10.3. The van der Waals surface area contributed by atoms with Crippen molar-refractivity contribution in [2.24, 2.45) is 0 Å². The highest BCUT2D eigenvalue weighted by molar-refractivity contribution is 6.30. The summed E-state index contributed by atoms with van der Waals surface area (Å²) in [6.07, 6.45) is 7.84. The Balaban J connectivity index is 0.000000191. The SMILES string of the molecule is CNC[C@@]1(c2cccc(Cl)c2)CCCC[C@@H]1O.CNC[C@]1(c2cccc(Cl)c2)CCCC[C@H]1O. The zero-order chi connectivity index (χ0) is 24.6. The largest absolute Gasteiger partial charge is 0.392 e. The summed E-state index contributed by atoms with van der Waals surface area (Å²) >= 11 is 12.1. The monoisotopic (exact) mass is 506 g/mol. The minimum absolute atomic E-state index is 0.169. The van der Waals surface area contributed by atoms with Gasteiger partial charge in [0, 0.05) is 34.0 Å². The second kappa shape index (κ2) is 12.7. The molecule has 34 heavy (non-hydrogen) atoms. The summed E-state index contributed by atoms with van der Waals surface area (Å²) < 4.78 is 0. The molecule has 188 valence electrons. The molecule has 0 amide bonds. The van der Waals surface area contributed by atoms with E-state index in [9.17, 15) is 10.2 Å². The van der Waals surface area contributed by atoms with Gasteiger partial charge in [-0.25, -0.2) is 0 Å². The van der Waals surface area contributed by atoms with Gasteiger partial charge in [0.15, 0.2) is 0 Å². The van der Waals surface area contributed by atoms with E-state index in [-0.39, 0.29) is 23.0 Å². The highest BCUT2D eigenvalue weighted by Crippen LogP contribution is 2.41. The van der Waals surface area contributed by atoms with Crippen molar-refractivity contribution in [3.05, 3.63) is 69.7 Å². The van der Waals surface area contributed by atoms with E-state index in [1.54, 1.807) is 0 Å². The molecule has 0 aliphatic heterocycles. The van der Waals surface area contributed by atoms with Gasteiger partial charge in [-0.05, 0) is 75.2 Å². The van der Waals surface area contributed by atoms with Gasteiger partial charge in [-0.1, -0.05) is 73.2 Å². The van der Waals surface area contributed by atoms with Crippen LogP contribution in [-0.4, -0.2) is 49.6 Å². The summed E-state index contributed by atoms with van der Waals surface area (Å²) in [5.41, 5.74) is 1.98. The fourth-order valence-electron chi connectivity index (χ4n) is 5.96. The van der Waals surface area contributed by atoms with Crippen LogP contribution >= 0.6 is 23.2 Å². The number of rotatable bonds is 6. The topological polar surface area (TPSA) is 64.5 Å². The van der Waals surface area contributed by atoms with Crippen LogP contribution in [0, 0.1) is 0 Å². The molecule has 0 spiro atoms. The Bertz CT molecular complexity index is 830. The predicted octanol–water partition coefficient (Wildman–Crippen LogP) is 5.46. The predicted molar refractivity (Wildman–Crippen MR) is 143 cm³/mol. The van der Waals surface area contributed by atoms with Crippen molar-refractivity contribution in [2.75, 3.05) is 27.2 Å². The number of halogens is 2. The molecule has 2 aliphatic carbocycles. The summed E-state index contributed by atoms with van der Waals surface area (Å²) in [5, 5.41) is 28.8. The van der Waals surface area contributed by atoms with E-state index in [0.29, 0.717) is 0 Å². The quantitative estimate of drug-likeness (QED) is 0.419. The highest BCUT2D eigenvalue weighted by Gasteiger charge is 2.41. The Morgan fingerprint density at radius 2 is 1.15 bits per heavy atom. The Labute approximate surface area is 215 Å². The highest BCUT2D eigenvalue weighted by atomic mass is 35.5. The van der Waals surface area contributed by atoms with Crippen LogP contribution in [-0.2, 0) is 10.8 Å². The molecule has 0 bridgehead atoms. The molecule has 0 heterocycles. The molecular formula is C28H40Cl2N2O2. The number of aliphatic hydroxyl groups is 2. The lowest BCUT2D eigenvalue weighted by molar-refractivity contribution is 0.0423. The molecule has 0 radical (unpaired) electrons. The second-order valence-corrected chi connectivity index (χ2v) is 10.8. The van der Waals surface area contributed by atoms with Gasteiger partial charge in [-0.2, -0.15) is 0 Å². The van der Waals surface area contributed by atoms with Crippen molar-refractivity contribution in [1.82, 2.24) is 10.6 Å². The maximum atomic E-state index is 10.4. The molecule has 0 saturated heterocycles. The van der Waals surface area contributed by atoms with Crippen molar-refractivity contribution in [2.45, 2.75) is 74.4 Å². The maximum absolute atomic E-state index is 10.4. The number of likely N-dealkylation sites (N-methyl/N-ethyl adjacent to an activating group) is 2. The van der Waals surface area contributed by atoms with Crippen LogP contribution in [0.15, 0.2) is 48.5 Å². The van der Waals surface area contributed by atoms with Crippen LogP contribution < -0.4 is 10.6 Å². The molecule has 2 fully saturated rings. The summed E-state index contributed by atoms with van der Waals surface area (Å²) in [6, 6.07) is 15.9. The van der Waals surface area contributed by atoms with E-state index in [4.69, 9.17) is 23.2 Å². The molecule has 4 rings (SSSR count). The molecule has 4 nitrogen and oxygen atoms in total. The number of nitrogens with one attached hydrogen (secondary N) is 2. The molecule has 4 N–H and O–H groups in total. The first-order valence-corrected chi connectivity index (χ1v) is 13.3. The van der Waals surface area contributed by atoms with E-state index in [0.717, 1.165) is 72.8 Å². The van der Waals surface area contributed by atoms with Crippen LogP contribution in [0.1, 0.15) is 62.5 Å². The molecule has 2 aromatic rings. The first kappa shape index (κ1) is 27.4. The van der Waals surface area contributed by atoms with Gasteiger partial charge in [-0.15, -0.1) is 0 Å². The first-order valence-electron chi connectivity index (χ1n) is 12.6. The minimum atomic E-state index is -0.276. The lowest BCUT2D eigenvalue weighted by atomic mass is 9.67. The molecular weight excluding hydrogens is 467 g/mol. The molecule has 2 saturated carbocycles. The summed E-state index contributed by atoms with van der Waals surface area (Å²) in [7, 11) is 3.88. The van der Waals surface area contributed by atoms with Gasteiger partial charge < -0.3 is 20.8 Å². The third-order valence-corrected chi connectivity index (χ3v) is 8.23. The lowest BCUT2D eigenvalue weighted by Crippen LogP contribution is -2.48. The van der Waals surface area contributed by atoms with Crippen LogP contribution in [0.2, 0.25) is 10.0 Å². The summed E-state index contributed by atoms with van der Waals surface area (Å²) in [4.78, 5) is 0. The molecule has 0 unspecified atom stereocenters. The van der Waals surface area contributed by atoms with E-state index in [1.165, 1.54) is 12.8 Å². The number of aliphatic hydroxyl groups excluding tert-OH is 2. The van der Waals surface area contributed by atoms with Crippen LogP contribution in [0.4, 0.5) is 0 Å². The molecule has 2 aromatic carbocycles. The second-order valence-electron chi connectivity index (χ2n) is 9.92. The zero-order valence-electron chi connectivity index (χ0n) is 20.5. The Hall–Kier alpha value is -1.14. The maximum Gasteiger partial charge on any atom is 0.0649 e. The van der Waals surface area contributed by atoms with Crippen LogP contribution in [0.5, 0.6) is 0 Å². The average molecular weight is 508 g/mol. The van der Waals surface area contributed by atoms with E-state index in [2.05, 4.69) is 22.8 Å². The van der Waals surface area contributed by atoms with Crippen molar-refractivity contribution in [1.29, 1.82) is 0 Å². The van der Waals surface area contributed by atoms with Gasteiger partial charge in [-0.3, -0.25) is 0 Å². The first-order chi connectivity index (χ1) is 16.4. The molecule has 2 aliphatic rings. The fourth-order valence-corrected chi connectivity index (χ4v) is 6.34. The van der Waals surface area contributed by atoms with Gasteiger partial charge in [0.2, 0.25) is 0 Å². The molecule has 4 atom stereocenters. The average Bonchev–Trinajstić information content (AvgIpc) is 2.83. The van der Waals surface area contributed by atoms with E-state index < -0.39 is 0 Å². The minimum Gasteiger partial charge on any atom is -0.392 e. The van der Waals surface area contributed by atoms with Crippen molar-refractivity contribution >= 4 is 23.2 Å². The van der Waals surface area contributed by atoms with Gasteiger partial charge >= 0.3 is 0 Å². The summed E-state index contributed by atoms with van der Waals surface area (Å²) in [6.45, 7) is 1.60. The molecule has 6 heteroatoms. The number of hydrogen-bond donors (Lipinski definition) is 4. The van der Waals surface area contributed by atoms with Crippen molar-refractivity contribution < 1.29 is 10.2 Å². The Morgan fingerprint density at radius 3 is 1.47 bits per heavy atom. The third kappa shape index (κ3) is 6.16. The molecule has 0 aromatic heterocycles. The smallest absolute Gasteiger partial charge is 0.0649 e. The van der Waals surface area contributed by atoms with Crippen LogP contribution in [0.25, 0.3) is 0 Å². The Morgan fingerprint density at radius 1 is 0.735 bits per heavy atom. The lowest BCUT2D eigenvalue weighted by Gasteiger charge is -2.42. The van der Waals surface area contributed by atoms with Gasteiger partial charge in [0.25, 0.3) is 0 Å². The fraction of sp³-hybridized carbons (Fsp3) is 0.571. The van der Waals surface area contributed by atoms with E-state index in [1.807, 2.05) is 50.5 Å². The third-order valence-electron chi connectivity index (χ3n) is 7.76. The van der Waals surface area contributed by atoms with Gasteiger partial charge in [0.1, 0.15) is 0 Å². The van der Waals surface area contributed by atoms with E-state index >= 15 is 0 Å². The zero-order valence-corrected chi connectivity index (χ0v) is 22.0. The van der Waals surface area contributed by atoms with Crippen molar-refractivity contribution in [3.63, 3.8) is 0 Å². The number of hydrogen-bond acceptors (Lipinski definition) is 4. The van der Waals surface area contributed by atoms with Crippen molar-refractivity contribution in [3.8, 4) is 0 Å².